The summed E-state index contributed by atoms with van der Waals surface area (Å²) in [5.74, 6) is -1.29. The Balaban J connectivity index is 2.05. The molecule has 3 amide bonds. The van der Waals surface area contributed by atoms with E-state index in [0.717, 1.165) is 5.69 Å². The van der Waals surface area contributed by atoms with E-state index in [2.05, 4.69) is 15.6 Å². The van der Waals surface area contributed by atoms with Crippen molar-refractivity contribution in [3.8, 4) is 0 Å². The highest BCUT2D eigenvalue weighted by Crippen LogP contribution is 2.01. The lowest BCUT2D eigenvalue weighted by molar-refractivity contribution is -0.137. The quantitative estimate of drug-likeness (QED) is 0.624. The number of aromatic nitrogens is 1. The highest BCUT2D eigenvalue weighted by molar-refractivity contribution is 7.07. The van der Waals surface area contributed by atoms with Crippen molar-refractivity contribution < 1.29 is 19.5 Å². The van der Waals surface area contributed by atoms with Crippen LogP contribution in [0.4, 0.5) is 4.79 Å². The van der Waals surface area contributed by atoms with Crippen LogP contribution < -0.4 is 10.6 Å². The number of hydrogen-bond acceptors (Lipinski definition) is 5. The zero-order chi connectivity index (χ0) is 14.8. The lowest BCUT2D eigenvalue weighted by Gasteiger charge is -2.05. The SMILES string of the molecule is O=C(O)CCCCC(=O)NC(=O)NCCc1cscn1. The summed E-state index contributed by atoms with van der Waals surface area (Å²) in [6.07, 6.45) is 1.67. The number of unbranched alkanes of at least 4 members (excludes halogenated alkanes) is 1. The molecule has 1 rings (SSSR count). The van der Waals surface area contributed by atoms with Gasteiger partial charge >= 0.3 is 12.0 Å². The minimum absolute atomic E-state index is 0.0348. The van der Waals surface area contributed by atoms with Crippen LogP contribution in [0.25, 0.3) is 0 Å². The first-order valence-corrected chi connectivity index (χ1v) is 7.18. The maximum atomic E-state index is 11.4. The molecule has 7 nitrogen and oxygen atoms in total. The monoisotopic (exact) mass is 299 g/mol. The molecule has 0 aliphatic carbocycles. The van der Waals surface area contributed by atoms with E-state index in [-0.39, 0.29) is 12.8 Å². The number of carboxylic acids is 1. The van der Waals surface area contributed by atoms with Crippen molar-refractivity contribution in [3.63, 3.8) is 0 Å². The number of nitrogens with zero attached hydrogens (tertiary/aromatic N) is 1. The van der Waals surface area contributed by atoms with Crippen molar-refractivity contribution in [2.75, 3.05) is 6.54 Å². The van der Waals surface area contributed by atoms with Gasteiger partial charge in [-0.2, -0.15) is 0 Å². The molecule has 0 bridgehead atoms. The minimum atomic E-state index is -0.884. The molecule has 0 radical (unpaired) electrons. The first-order chi connectivity index (χ1) is 9.58. The summed E-state index contributed by atoms with van der Waals surface area (Å²) in [5.41, 5.74) is 2.62. The summed E-state index contributed by atoms with van der Waals surface area (Å²) in [4.78, 5) is 37.1. The molecule has 0 saturated heterocycles. The molecule has 110 valence electrons. The van der Waals surface area contributed by atoms with Crippen LogP contribution in [0.15, 0.2) is 10.9 Å². The van der Waals surface area contributed by atoms with E-state index in [4.69, 9.17) is 5.11 Å². The summed E-state index contributed by atoms with van der Waals surface area (Å²) in [6.45, 7) is 0.405. The van der Waals surface area contributed by atoms with Gasteiger partial charge in [0.15, 0.2) is 0 Å². The summed E-state index contributed by atoms with van der Waals surface area (Å²) in [7, 11) is 0. The van der Waals surface area contributed by atoms with E-state index in [1.54, 1.807) is 5.51 Å². The number of urea groups is 1. The van der Waals surface area contributed by atoms with E-state index in [0.29, 0.717) is 25.8 Å². The van der Waals surface area contributed by atoms with Gasteiger partial charge in [0.2, 0.25) is 5.91 Å². The van der Waals surface area contributed by atoms with Gasteiger partial charge in [-0.15, -0.1) is 11.3 Å². The lowest BCUT2D eigenvalue weighted by Crippen LogP contribution is -2.40. The maximum Gasteiger partial charge on any atom is 0.321 e. The van der Waals surface area contributed by atoms with Crippen LogP contribution in [0, 0.1) is 0 Å². The first kappa shape index (κ1) is 16.1. The fourth-order valence-corrected chi connectivity index (χ4v) is 2.05. The average Bonchev–Trinajstić information content (AvgIpc) is 2.87. The highest BCUT2D eigenvalue weighted by Gasteiger charge is 2.07. The molecular weight excluding hydrogens is 282 g/mol. The number of nitrogens with one attached hydrogen (secondary N) is 2. The number of rotatable bonds is 8. The van der Waals surface area contributed by atoms with Crippen molar-refractivity contribution in [3.05, 3.63) is 16.6 Å². The summed E-state index contributed by atoms with van der Waals surface area (Å²) in [5, 5.41) is 15.1. The number of carbonyl (C=O) groups excluding carboxylic acids is 2. The van der Waals surface area contributed by atoms with Crippen LogP contribution in [0.3, 0.4) is 0 Å². The number of carboxylic acid groups (broad SMARTS) is 1. The van der Waals surface area contributed by atoms with Gasteiger partial charge in [-0.05, 0) is 12.8 Å². The second-order valence-corrected chi connectivity index (χ2v) is 4.85. The van der Waals surface area contributed by atoms with Gasteiger partial charge < -0.3 is 10.4 Å². The number of carbonyl (C=O) groups is 3. The molecule has 8 heteroatoms. The van der Waals surface area contributed by atoms with E-state index < -0.39 is 17.9 Å². The topological polar surface area (TPSA) is 108 Å². The fourth-order valence-electron chi connectivity index (χ4n) is 1.46. The number of hydrogen-bond donors (Lipinski definition) is 3. The Kier molecular flexibility index (Phi) is 7.26. The van der Waals surface area contributed by atoms with Gasteiger partial charge in [0.25, 0.3) is 0 Å². The first-order valence-electron chi connectivity index (χ1n) is 6.24. The summed E-state index contributed by atoms with van der Waals surface area (Å²) in [6, 6.07) is -0.538. The second kappa shape index (κ2) is 9.03. The van der Waals surface area contributed by atoms with Crippen LogP contribution in [-0.4, -0.2) is 34.5 Å². The predicted octanol–water partition coefficient (Wildman–Crippen LogP) is 1.16. The van der Waals surface area contributed by atoms with Gasteiger partial charge in [-0.25, -0.2) is 9.78 Å². The standard InChI is InChI=1S/C12H17N3O4S/c16-10(3-1-2-4-11(17)18)15-12(19)13-6-5-9-7-20-8-14-9/h7-8H,1-6H2,(H,17,18)(H2,13,15,16,19). The Labute approximate surface area is 120 Å². The van der Waals surface area contributed by atoms with Crippen molar-refractivity contribution in [2.24, 2.45) is 0 Å². The molecular formula is C12H17N3O4S. The molecule has 1 heterocycles. The van der Waals surface area contributed by atoms with Gasteiger partial charge in [0, 0.05) is 31.2 Å². The summed E-state index contributed by atoms with van der Waals surface area (Å²) >= 11 is 1.49. The molecule has 1 aromatic heterocycles. The van der Waals surface area contributed by atoms with Gasteiger partial charge in [-0.1, -0.05) is 0 Å². The Bertz CT molecular complexity index is 448. The molecule has 0 saturated carbocycles. The van der Waals surface area contributed by atoms with Gasteiger partial charge in [0.1, 0.15) is 0 Å². The molecule has 1 aromatic rings. The third-order valence-corrected chi connectivity index (χ3v) is 3.08. The average molecular weight is 299 g/mol. The molecule has 20 heavy (non-hydrogen) atoms. The zero-order valence-electron chi connectivity index (χ0n) is 10.9. The number of amides is 3. The molecule has 0 aromatic carbocycles. The predicted molar refractivity (Wildman–Crippen MR) is 73.5 cm³/mol. The van der Waals surface area contributed by atoms with Crippen LogP contribution in [-0.2, 0) is 16.0 Å². The van der Waals surface area contributed by atoms with Crippen molar-refractivity contribution in [2.45, 2.75) is 32.1 Å². The number of aliphatic carboxylic acids is 1. The zero-order valence-corrected chi connectivity index (χ0v) is 11.7. The van der Waals surface area contributed by atoms with Crippen molar-refractivity contribution in [1.82, 2.24) is 15.6 Å². The molecule has 0 aliphatic heterocycles. The van der Waals surface area contributed by atoms with Crippen LogP contribution >= 0.6 is 11.3 Å². The Morgan fingerprint density at radius 2 is 2.00 bits per heavy atom. The normalized spacial score (nSPS) is 10.0. The molecule has 0 fully saturated rings. The molecule has 0 atom stereocenters. The second-order valence-electron chi connectivity index (χ2n) is 4.13. The maximum absolute atomic E-state index is 11.4. The Morgan fingerprint density at radius 3 is 2.65 bits per heavy atom. The summed E-state index contributed by atoms with van der Waals surface area (Å²) < 4.78 is 0. The largest absolute Gasteiger partial charge is 0.481 e. The number of thiazole rings is 1. The van der Waals surface area contributed by atoms with Crippen molar-refractivity contribution >= 4 is 29.2 Å². The van der Waals surface area contributed by atoms with E-state index in [1.165, 1.54) is 11.3 Å². The van der Waals surface area contributed by atoms with Crippen molar-refractivity contribution in [1.29, 1.82) is 0 Å². The third kappa shape index (κ3) is 7.47. The Morgan fingerprint density at radius 1 is 1.25 bits per heavy atom. The molecule has 0 spiro atoms. The fraction of sp³-hybridized carbons (Fsp3) is 0.500. The van der Waals surface area contributed by atoms with Crippen LogP contribution in [0.2, 0.25) is 0 Å². The molecule has 0 unspecified atom stereocenters. The Hall–Kier alpha value is -1.96. The van der Waals surface area contributed by atoms with E-state index >= 15 is 0 Å². The van der Waals surface area contributed by atoms with Gasteiger partial charge in [0.05, 0.1) is 11.2 Å². The smallest absolute Gasteiger partial charge is 0.321 e. The molecule has 3 N–H and O–H groups in total. The van der Waals surface area contributed by atoms with E-state index in [9.17, 15) is 14.4 Å². The van der Waals surface area contributed by atoms with Gasteiger partial charge in [-0.3, -0.25) is 14.9 Å². The lowest BCUT2D eigenvalue weighted by atomic mass is 10.2. The van der Waals surface area contributed by atoms with E-state index in [1.807, 2.05) is 5.38 Å². The highest BCUT2D eigenvalue weighted by atomic mass is 32.1. The minimum Gasteiger partial charge on any atom is -0.481 e. The van der Waals surface area contributed by atoms with Crippen LogP contribution in [0.1, 0.15) is 31.4 Å². The number of imide groups is 1. The van der Waals surface area contributed by atoms with Crippen LogP contribution in [0.5, 0.6) is 0 Å². The third-order valence-electron chi connectivity index (χ3n) is 2.45. The molecule has 0 aliphatic rings.